The van der Waals surface area contributed by atoms with Crippen LogP contribution in [0.25, 0.3) is 0 Å². The zero-order valence-corrected chi connectivity index (χ0v) is 48.6. The number of hydrogen-bond donors (Lipinski definition) is 0. The third-order valence-electron chi connectivity index (χ3n) is 13.3. The van der Waals surface area contributed by atoms with Gasteiger partial charge in [-0.25, -0.2) is 0 Å². The Hall–Kier alpha value is -3.67. The summed E-state index contributed by atoms with van der Waals surface area (Å²) >= 11 is 0. The van der Waals surface area contributed by atoms with Crippen molar-refractivity contribution < 1.29 is 28.6 Å². The lowest BCUT2D eigenvalue weighted by molar-refractivity contribution is -0.167. The number of allylic oxidation sites excluding steroid dienone is 16. The van der Waals surface area contributed by atoms with E-state index >= 15 is 0 Å². The van der Waals surface area contributed by atoms with Crippen molar-refractivity contribution >= 4 is 17.9 Å². The molecule has 1 unspecified atom stereocenters. The molecule has 0 aromatic rings. The Balaban J connectivity index is 4.10. The van der Waals surface area contributed by atoms with Gasteiger partial charge in [-0.15, -0.1) is 0 Å². The number of hydrogen-bond acceptors (Lipinski definition) is 6. The second-order valence-electron chi connectivity index (χ2n) is 20.6. The molecule has 0 fully saturated rings. The summed E-state index contributed by atoms with van der Waals surface area (Å²) in [6.07, 6.45) is 82.9. The standard InChI is InChI=1S/C68H116O6/c1-4-7-10-13-16-19-22-24-25-26-27-28-29-30-31-32-33-34-35-36-37-38-39-40-41-42-43-45-46-49-52-55-58-61-67(70)73-64-65(63-72-66(69)60-57-54-51-48-21-18-15-12-9-6-3)74-68(71)62-59-56-53-50-47-44-23-20-17-14-11-8-5-2/h7,10-11,14,16,19-20,23-25,27-28,30-31,33-34,65H,4-6,8-9,12-13,15,17-18,21-22,26,29,32,35-64H2,1-3H3/b10-7-,14-11-,19-16-,23-20-,25-24-,28-27-,31-30-,34-33-. The van der Waals surface area contributed by atoms with Gasteiger partial charge in [-0.2, -0.15) is 0 Å². The number of ether oxygens (including phenoxy) is 3. The van der Waals surface area contributed by atoms with Crippen LogP contribution in [0, 0.1) is 0 Å². The molecule has 0 heterocycles. The van der Waals surface area contributed by atoms with E-state index in [1.807, 2.05) is 0 Å². The van der Waals surface area contributed by atoms with Gasteiger partial charge in [0.2, 0.25) is 0 Å². The maximum Gasteiger partial charge on any atom is 0.306 e. The van der Waals surface area contributed by atoms with Crippen molar-refractivity contribution in [2.75, 3.05) is 13.2 Å². The maximum atomic E-state index is 12.8. The van der Waals surface area contributed by atoms with Crippen molar-refractivity contribution in [1.82, 2.24) is 0 Å². The molecular weight excluding hydrogens is 913 g/mol. The van der Waals surface area contributed by atoms with E-state index in [2.05, 4.69) is 118 Å². The van der Waals surface area contributed by atoms with Gasteiger partial charge in [-0.05, 0) is 96.3 Å². The molecule has 1 atom stereocenters. The van der Waals surface area contributed by atoms with Gasteiger partial charge in [0.05, 0.1) is 0 Å². The van der Waals surface area contributed by atoms with Gasteiger partial charge in [-0.3, -0.25) is 14.4 Å². The molecule has 6 heteroatoms. The number of unbranched alkanes of at least 4 members (excludes halogenated alkanes) is 29. The van der Waals surface area contributed by atoms with E-state index in [1.165, 1.54) is 128 Å². The quantitative estimate of drug-likeness (QED) is 0.0261. The summed E-state index contributed by atoms with van der Waals surface area (Å²) < 4.78 is 16.8. The Labute approximate surface area is 457 Å². The highest BCUT2D eigenvalue weighted by Crippen LogP contribution is 2.16. The molecule has 0 radical (unpaired) electrons. The van der Waals surface area contributed by atoms with Gasteiger partial charge in [0.1, 0.15) is 13.2 Å². The van der Waals surface area contributed by atoms with Crippen LogP contribution in [0.5, 0.6) is 0 Å². The van der Waals surface area contributed by atoms with Crippen LogP contribution in [0.15, 0.2) is 97.2 Å². The summed E-state index contributed by atoms with van der Waals surface area (Å²) in [5, 5.41) is 0. The second kappa shape index (κ2) is 61.9. The average molecular weight is 1030 g/mol. The van der Waals surface area contributed by atoms with Gasteiger partial charge in [-0.1, -0.05) is 279 Å². The van der Waals surface area contributed by atoms with E-state index in [-0.39, 0.29) is 31.1 Å². The molecule has 0 saturated heterocycles. The molecule has 74 heavy (non-hydrogen) atoms. The van der Waals surface area contributed by atoms with Crippen molar-refractivity contribution in [1.29, 1.82) is 0 Å². The first-order valence-electron chi connectivity index (χ1n) is 31.2. The predicted molar refractivity (Wildman–Crippen MR) is 320 cm³/mol. The molecule has 0 bridgehead atoms. The lowest BCUT2D eigenvalue weighted by atomic mass is 10.0. The zero-order chi connectivity index (χ0) is 53.6. The minimum Gasteiger partial charge on any atom is -0.462 e. The van der Waals surface area contributed by atoms with Gasteiger partial charge in [0.25, 0.3) is 0 Å². The SMILES string of the molecule is CC/C=C\C/C=C\C/C=C\C/C=C\C/C=C\C/C=C\CCCCCCCCCCCCCCCCC(=O)OCC(COC(=O)CCCCCCCCCCCC)OC(=O)CCCCCCC/C=C\C/C=C\CCC. The normalized spacial score (nSPS) is 12.7. The average Bonchev–Trinajstić information content (AvgIpc) is 3.40. The summed E-state index contributed by atoms with van der Waals surface area (Å²) in [5.41, 5.74) is 0. The molecule has 0 aromatic carbocycles. The lowest BCUT2D eigenvalue weighted by Gasteiger charge is -2.18. The summed E-state index contributed by atoms with van der Waals surface area (Å²) in [7, 11) is 0. The van der Waals surface area contributed by atoms with Crippen molar-refractivity contribution in [2.24, 2.45) is 0 Å². The van der Waals surface area contributed by atoms with Crippen LogP contribution in [0.2, 0.25) is 0 Å². The Morgan fingerprint density at radius 1 is 0.284 bits per heavy atom. The molecule has 0 N–H and O–H groups in total. The summed E-state index contributed by atoms with van der Waals surface area (Å²) in [5.74, 6) is -0.889. The van der Waals surface area contributed by atoms with E-state index in [1.54, 1.807) is 0 Å². The topological polar surface area (TPSA) is 78.9 Å². The molecular formula is C68H116O6. The highest BCUT2D eigenvalue weighted by Gasteiger charge is 2.19. The molecule has 0 rings (SSSR count). The fraction of sp³-hybridized carbons (Fsp3) is 0.721. The predicted octanol–water partition coefficient (Wildman–Crippen LogP) is 21.3. The van der Waals surface area contributed by atoms with Gasteiger partial charge < -0.3 is 14.2 Å². The largest absolute Gasteiger partial charge is 0.462 e. The molecule has 0 spiro atoms. The van der Waals surface area contributed by atoms with Crippen molar-refractivity contribution in [2.45, 2.75) is 303 Å². The van der Waals surface area contributed by atoms with E-state index in [9.17, 15) is 14.4 Å². The Bertz CT molecular complexity index is 1460. The first-order chi connectivity index (χ1) is 36.5. The van der Waals surface area contributed by atoms with Gasteiger partial charge >= 0.3 is 17.9 Å². The van der Waals surface area contributed by atoms with Crippen LogP contribution in [-0.4, -0.2) is 37.2 Å². The van der Waals surface area contributed by atoms with Crippen LogP contribution in [-0.2, 0) is 28.6 Å². The monoisotopic (exact) mass is 1030 g/mol. The first kappa shape index (κ1) is 70.3. The fourth-order valence-electron chi connectivity index (χ4n) is 8.66. The first-order valence-corrected chi connectivity index (χ1v) is 31.2. The zero-order valence-electron chi connectivity index (χ0n) is 48.6. The highest BCUT2D eigenvalue weighted by molar-refractivity contribution is 5.71. The van der Waals surface area contributed by atoms with Crippen LogP contribution in [0.1, 0.15) is 297 Å². The van der Waals surface area contributed by atoms with E-state index in [4.69, 9.17) is 14.2 Å². The van der Waals surface area contributed by atoms with Gasteiger partial charge in [0, 0.05) is 19.3 Å². The van der Waals surface area contributed by atoms with E-state index in [0.29, 0.717) is 19.3 Å². The fourth-order valence-corrected chi connectivity index (χ4v) is 8.66. The van der Waals surface area contributed by atoms with E-state index < -0.39 is 6.10 Å². The Kier molecular flexibility index (Phi) is 58.8. The second-order valence-corrected chi connectivity index (χ2v) is 20.6. The molecule has 0 aliphatic carbocycles. The number of esters is 3. The molecule has 6 nitrogen and oxygen atoms in total. The van der Waals surface area contributed by atoms with Crippen LogP contribution < -0.4 is 0 Å². The van der Waals surface area contributed by atoms with Crippen LogP contribution in [0.3, 0.4) is 0 Å². The number of rotatable bonds is 56. The third kappa shape index (κ3) is 59.2. The number of carbonyl (C=O) groups is 3. The number of carbonyl (C=O) groups excluding carboxylic acids is 3. The molecule has 0 aromatic heterocycles. The van der Waals surface area contributed by atoms with Crippen molar-refractivity contribution in [3.63, 3.8) is 0 Å². The van der Waals surface area contributed by atoms with Crippen molar-refractivity contribution in [3.05, 3.63) is 97.2 Å². The minimum absolute atomic E-state index is 0.0795. The molecule has 0 aliphatic heterocycles. The van der Waals surface area contributed by atoms with Crippen LogP contribution in [0.4, 0.5) is 0 Å². The molecule has 0 saturated carbocycles. The summed E-state index contributed by atoms with van der Waals surface area (Å²) in [6.45, 7) is 6.45. The van der Waals surface area contributed by atoms with Crippen molar-refractivity contribution in [3.8, 4) is 0 Å². The molecule has 424 valence electrons. The van der Waals surface area contributed by atoms with Crippen LogP contribution >= 0.6 is 0 Å². The smallest absolute Gasteiger partial charge is 0.306 e. The Morgan fingerprint density at radius 3 is 0.878 bits per heavy atom. The Morgan fingerprint density at radius 2 is 0.554 bits per heavy atom. The van der Waals surface area contributed by atoms with Gasteiger partial charge in [0.15, 0.2) is 6.10 Å². The third-order valence-corrected chi connectivity index (χ3v) is 13.3. The maximum absolute atomic E-state index is 12.8. The summed E-state index contributed by atoms with van der Waals surface area (Å²) in [4.78, 5) is 38.1. The molecule has 0 amide bonds. The summed E-state index contributed by atoms with van der Waals surface area (Å²) in [6, 6.07) is 0. The van der Waals surface area contributed by atoms with E-state index in [0.717, 1.165) is 128 Å². The molecule has 0 aliphatic rings. The highest BCUT2D eigenvalue weighted by atomic mass is 16.6. The lowest BCUT2D eigenvalue weighted by Crippen LogP contribution is -2.30. The minimum atomic E-state index is -0.781.